The summed E-state index contributed by atoms with van der Waals surface area (Å²) in [7, 11) is 0. The molecule has 0 atom stereocenters. The molecule has 0 saturated carbocycles. The molecular formula is C23H22N2O2. The van der Waals surface area contributed by atoms with Crippen LogP contribution in [0.5, 0.6) is 0 Å². The molecule has 4 heteroatoms. The van der Waals surface area contributed by atoms with Crippen molar-refractivity contribution in [1.29, 1.82) is 0 Å². The fraction of sp³-hybridized carbons (Fsp3) is 0.130. The molecule has 0 aliphatic rings. The molecule has 0 aliphatic heterocycles. The van der Waals surface area contributed by atoms with Crippen molar-refractivity contribution in [1.82, 2.24) is 5.32 Å². The van der Waals surface area contributed by atoms with E-state index in [2.05, 4.69) is 11.9 Å². The number of nitrogens with one attached hydrogen (secondary N) is 1. The van der Waals surface area contributed by atoms with Crippen LogP contribution in [0.1, 0.15) is 29.3 Å². The van der Waals surface area contributed by atoms with Crippen molar-refractivity contribution in [3.63, 3.8) is 0 Å². The number of carbonyl (C=O) groups excluding carboxylic acids is 2. The van der Waals surface area contributed by atoms with Gasteiger partial charge in [0.15, 0.2) is 6.29 Å². The van der Waals surface area contributed by atoms with Crippen molar-refractivity contribution in [2.45, 2.75) is 13.3 Å². The largest absolute Gasteiger partial charge is 0.398 e. The zero-order chi connectivity index (χ0) is 19.4. The van der Waals surface area contributed by atoms with Crippen molar-refractivity contribution in [3.05, 3.63) is 77.9 Å². The molecule has 0 spiro atoms. The predicted molar refractivity (Wildman–Crippen MR) is 111 cm³/mol. The van der Waals surface area contributed by atoms with E-state index in [-0.39, 0.29) is 5.91 Å². The molecule has 3 rings (SSSR count). The molecule has 0 heterocycles. The highest BCUT2D eigenvalue weighted by molar-refractivity contribution is 6.17. The molecule has 0 radical (unpaired) electrons. The maximum Gasteiger partial charge on any atom is 0.246 e. The summed E-state index contributed by atoms with van der Waals surface area (Å²) in [4.78, 5) is 23.3. The van der Waals surface area contributed by atoms with Crippen molar-refractivity contribution in [2.24, 2.45) is 5.73 Å². The lowest BCUT2D eigenvalue weighted by Gasteiger charge is -2.14. The summed E-state index contributed by atoms with van der Waals surface area (Å²) in [6, 6.07) is 15.6. The number of aldehydes is 1. The second-order valence-electron chi connectivity index (χ2n) is 6.48. The molecule has 3 aromatic carbocycles. The van der Waals surface area contributed by atoms with Crippen molar-refractivity contribution >= 4 is 39.4 Å². The second kappa shape index (κ2) is 7.87. The van der Waals surface area contributed by atoms with Gasteiger partial charge >= 0.3 is 0 Å². The monoisotopic (exact) mass is 358 g/mol. The van der Waals surface area contributed by atoms with Crippen molar-refractivity contribution in [3.8, 4) is 0 Å². The van der Waals surface area contributed by atoms with Gasteiger partial charge in [-0.15, -0.1) is 0 Å². The van der Waals surface area contributed by atoms with Gasteiger partial charge in [0.05, 0.1) is 0 Å². The average molecular weight is 358 g/mol. The Hall–Kier alpha value is -3.40. The topological polar surface area (TPSA) is 72.2 Å². The zero-order valence-corrected chi connectivity index (χ0v) is 15.3. The Balaban J connectivity index is 2.07. The molecule has 4 nitrogen and oxygen atoms in total. The standard InChI is InChI=1S/C23H22N2O2/c1-15(2)23(27)25-13-7-12-21(24)22-18-10-5-3-8-16(18)20(14-26)17-9-4-6-11-19(17)22/h3-6,8-12,14H,1,7,13,24H2,2H3,(H,25,27). The Bertz CT molecular complexity index is 1020. The molecular weight excluding hydrogens is 336 g/mol. The van der Waals surface area contributed by atoms with Crippen LogP contribution in [-0.2, 0) is 4.79 Å². The van der Waals surface area contributed by atoms with Crippen LogP contribution in [0.15, 0.2) is 66.8 Å². The number of hydrogen-bond acceptors (Lipinski definition) is 3. The Morgan fingerprint density at radius 3 is 2.04 bits per heavy atom. The number of nitrogens with two attached hydrogens (primary N) is 1. The summed E-state index contributed by atoms with van der Waals surface area (Å²) in [5.74, 6) is -0.159. The smallest absolute Gasteiger partial charge is 0.246 e. The van der Waals surface area contributed by atoms with Crippen LogP contribution in [0.3, 0.4) is 0 Å². The van der Waals surface area contributed by atoms with Crippen LogP contribution in [0.25, 0.3) is 27.2 Å². The van der Waals surface area contributed by atoms with Gasteiger partial charge in [-0.2, -0.15) is 0 Å². The van der Waals surface area contributed by atoms with Gasteiger partial charge in [0.25, 0.3) is 0 Å². The van der Waals surface area contributed by atoms with E-state index in [0.717, 1.165) is 33.4 Å². The zero-order valence-electron chi connectivity index (χ0n) is 15.3. The molecule has 0 unspecified atom stereocenters. The highest BCUT2D eigenvalue weighted by Crippen LogP contribution is 2.34. The van der Waals surface area contributed by atoms with E-state index in [1.165, 1.54) is 0 Å². The van der Waals surface area contributed by atoms with Crippen LogP contribution in [-0.4, -0.2) is 18.7 Å². The molecule has 3 aromatic rings. The number of benzene rings is 3. The first-order valence-electron chi connectivity index (χ1n) is 8.83. The molecule has 0 aromatic heterocycles. The minimum atomic E-state index is -0.159. The Morgan fingerprint density at radius 1 is 1.04 bits per heavy atom. The summed E-state index contributed by atoms with van der Waals surface area (Å²) in [5, 5.41) is 6.45. The maximum atomic E-state index is 11.8. The minimum Gasteiger partial charge on any atom is -0.398 e. The molecule has 0 bridgehead atoms. The van der Waals surface area contributed by atoms with E-state index >= 15 is 0 Å². The molecule has 0 fully saturated rings. The van der Waals surface area contributed by atoms with E-state index in [1.807, 2.05) is 54.6 Å². The number of carbonyl (C=O) groups is 2. The maximum absolute atomic E-state index is 11.8. The van der Waals surface area contributed by atoms with E-state index in [1.54, 1.807) is 6.92 Å². The lowest BCUT2D eigenvalue weighted by Crippen LogP contribution is -2.24. The first-order valence-corrected chi connectivity index (χ1v) is 8.83. The van der Waals surface area contributed by atoms with Crippen LogP contribution in [0.2, 0.25) is 0 Å². The number of rotatable bonds is 6. The van der Waals surface area contributed by atoms with Crippen LogP contribution in [0, 0.1) is 0 Å². The quantitative estimate of drug-likeness (QED) is 0.300. The van der Waals surface area contributed by atoms with Gasteiger partial charge in [-0.3, -0.25) is 9.59 Å². The van der Waals surface area contributed by atoms with Crippen molar-refractivity contribution < 1.29 is 9.59 Å². The Labute approximate surface area is 158 Å². The molecule has 0 aliphatic carbocycles. The van der Waals surface area contributed by atoms with E-state index in [9.17, 15) is 9.59 Å². The SMILES string of the molecule is C=C(C)C(=O)NCCC=C(N)c1c2ccccc2c(C=O)c2ccccc12. The summed E-state index contributed by atoms with van der Waals surface area (Å²) in [5.41, 5.74) is 9.13. The van der Waals surface area contributed by atoms with E-state index < -0.39 is 0 Å². The molecule has 27 heavy (non-hydrogen) atoms. The van der Waals surface area contributed by atoms with Gasteiger partial charge in [0, 0.05) is 28.9 Å². The third-order valence-electron chi connectivity index (χ3n) is 4.56. The highest BCUT2D eigenvalue weighted by Gasteiger charge is 2.14. The molecule has 0 saturated heterocycles. The summed E-state index contributed by atoms with van der Waals surface area (Å²) >= 11 is 0. The van der Waals surface area contributed by atoms with Gasteiger partial charge in [0.2, 0.25) is 5.91 Å². The fourth-order valence-corrected chi connectivity index (χ4v) is 3.27. The Morgan fingerprint density at radius 2 is 1.56 bits per heavy atom. The summed E-state index contributed by atoms with van der Waals surface area (Å²) in [6.07, 6.45) is 3.41. The van der Waals surface area contributed by atoms with Crippen LogP contribution < -0.4 is 11.1 Å². The van der Waals surface area contributed by atoms with Gasteiger partial charge in [-0.25, -0.2) is 0 Å². The van der Waals surface area contributed by atoms with Gasteiger partial charge < -0.3 is 11.1 Å². The number of amides is 1. The van der Waals surface area contributed by atoms with Gasteiger partial charge in [0.1, 0.15) is 0 Å². The van der Waals surface area contributed by atoms with Crippen LogP contribution in [0.4, 0.5) is 0 Å². The number of fused-ring (bicyclic) bond motifs is 2. The average Bonchev–Trinajstić information content (AvgIpc) is 2.68. The lowest BCUT2D eigenvalue weighted by atomic mass is 9.90. The fourth-order valence-electron chi connectivity index (χ4n) is 3.27. The lowest BCUT2D eigenvalue weighted by molar-refractivity contribution is -0.117. The Kier molecular flexibility index (Phi) is 5.36. The van der Waals surface area contributed by atoms with E-state index in [4.69, 9.17) is 5.73 Å². The molecule has 3 N–H and O–H groups in total. The normalized spacial score (nSPS) is 11.5. The third kappa shape index (κ3) is 3.60. The molecule has 136 valence electrons. The van der Waals surface area contributed by atoms with Gasteiger partial charge in [-0.05, 0) is 34.9 Å². The second-order valence-corrected chi connectivity index (χ2v) is 6.48. The number of hydrogen-bond donors (Lipinski definition) is 2. The highest BCUT2D eigenvalue weighted by atomic mass is 16.1. The summed E-state index contributed by atoms with van der Waals surface area (Å²) in [6.45, 7) is 5.77. The van der Waals surface area contributed by atoms with E-state index in [0.29, 0.717) is 29.8 Å². The first-order chi connectivity index (χ1) is 13.0. The van der Waals surface area contributed by atoms with Crippen LogP contribution >= 0.6 is 0 Å². The predicted octanol–water partition coefficient (Wildman–Crippen LogP) is 4.19. The first kappa shape index (κ1) is 18.4. The summed E-state index contributed by atoms with van der Waals surface area (Å²) < 4.78 is 0. The minimum absolute atomic E-state index is 0.159. The van der Waals surface area contributed by atoms with Crippen molar-refractivity contribution in [2.75, 3.05) is 6.54 Å². The van der Waals surface area contributed by atoms with Gasteiger partial charge in [-0.1, -0.05) is 61.2 Å². The molecule has 1 amide bonds. The third-order valence-corrected chi connectivity index (χ3v) is 4.56.